The van der Waals surface area contributed by atoms with Crippen molar-refractivity contribution in [3.63, 3.8) is 0 Å². The molecule has 9 nitrogen and oxygen atoms in total. The number of amides is 2. The summed E-state index contributed by atoms with van der Waals surface area (Å²) in [7, 11) is -3.71. The number of rotatable bonds is 10. The molecule has 0 bridgehead atoms. The quantitative estimate of drug-likeness (QED) is 0.309. The number of nitrogens with two attached hydrogens (primary N) is 1. The Balaban J connectivity index is 0.00000442. The zero-order valence-electron chi connectivity index (χ0n) is 25.1. The first-order valence-corrected chi connectivity index (χ1v) is 16.1. The second-order valence-corrected chi connectivity index (χ2v) is 13.8. The molecule has 236 valence electrons. The van der Waals surface area contributed by atoms with Crippen LogP contribution in [0, 0.1) is 0 Å². The molecular formula is C33H41ClN4O5S. The van der Waals surface area contributed by atoms with Crippen LogP contribution in [0.5, 0.6) is 0 Å². The van der Waals surface area contributed by atoms with Gasteiger partial charge in [0.25, 0.3) is 0 Å². The molecule has 0 saturated carbocycles. The lowest BCUT2D eigenvalue weighted by Crippen LogP contribution is -2.59. The Morgan fingerprint density at radius 1 is 0.977 bits per heavy atom. The topological polar surface area (TPSA) is 131 Å². The summed E-state index contributed by atoms with van der Waals surface area (Å²) in [6.07, 6.45) is 1.96. The average molecular weight is 641 g/mol. The van der Waals surface area contributed by atoms with Crippen LogP contribution in [0.3, 0.4) is 0 Å². The van der Waals surface area contributed by atoms with E-state index >= 15 is 0 Å². The van der Waals surface area contributed by atoms with E-state index < -0.39 is 27.5 Å². The molecule has 2 amide bonds. The van der Waals surface area contributed by atoms with E-state index in [-0.39, 0.29) is 41.3 Å². The van der Waals surface area contributed by atoms with Gasteiger partial charge >= 0.3 is 0 Å². The number of nitrogens with zero attached hydrogens (tertiary/aromatic N) is 1. The Morgan fingerprint density at radius 2 is 1.57 bits per heavy atom. The largest absolute Gasteiger partial charge is 0.374 e. The maximum atomic E-state index is 13.8. The number of sulfonamides is 1. The number of halogens is 1. The van der Waals surface area contributed by atoms with E-state index in [9.17, 15) is 18.0 Å². The second kappa shape index (κ2) is 13.8. The highest BCUT2D eigenvalue weighted by atomic mass is 35.5. The molecule has 3 aromatic rings. The fourth-order valence-corrected chi connectivity index (χ4v) is 7.33. The van der Waals surface area contributed by atoms with Crippen molar-refractivity contribution in [3.05, 3.63) is 102 Å². The molecule has 1 spiro atoms. The van der Waals surface area contributed by atoms with E-state index in [1.54, 1.807) is 49.1 Å². The van der Waals surface area contributed by atoms with Gasteiger partial charge in [-0.2, -0.15) is 0 Å². The van der Waals surface area contributed by atoms with Crippen molar-refractivity contribution in [1.29, 1.82) is 0 Å². The van der Waals surface area contributed by atoms with Crippen molar-refractivity contribution in [2.75, 3.05) is 19.7 Å². The van der Waals surface area contributed by atoms with Crippen LogP contribution in [0.25, 0.3) is 0 Å². The lowest BCUT2D eigenvalue weighted by atomic mass is 9.73. The first kappa shape index (κ1) is 33.6. The number of likely N-dealkylation sites (tertiary alicyclic amines) is 1. The predicted octanol–water partition coefficient (Wildman–Crippen LogP) is 3.83. The summed E-state index contributed by atoms with van der Waals surface area (Å²) in [5.74, 6) is -0.644. The molecule has 0 radical (unpaired) electrons. The molecule has 11 heteroatoms. The molecule has 1 fully saturated rings. The summed E-state index contributed by atoms with van der Waals surface area (Å²) in [6.45, 7) is 4.47. The lowest BCUT2D eigenvalue weighted by molar-refractivity contribution is -0.140. The smallest absolute Gasteiger partial charge is 0.247 e. The minimum atomic E-state index is -3.71. The highest BCUT2D eigenvalue weighted by Gasteiger charge is 2.47. The van der Waals surface area contributed by atoms with Gasteiger partial charge in [0.05, 0.1) is 23.6 Å². The zero-order valence-corrected chi connectivity index (χ0v) is 26.7. The van der Waals surface area contributed by atoms with Gasteiger partial charge in [-0.1, -0.05) is 72.8 Å². The summed E-state index contributed by atoms with van der Waals surface area (Å²) in [5, 5.41) is 2.81. The Kier molecular flexibility index (Phi) is 10.5. The number of piperidine rings is 1. The SMILES string of the molecule is CC(C)(N)C(=O)N[C@H](COCc1ccccc1)C(=O)N1CCC2(CC1)CC(NS(=O)(=O)c1ccccc1)c1ccccc12.Cl. The van der Waals surface area contributed by atoms with Crippen LogP contribution in [0.15, 0.2) is 89.8 Å². The Morgan fingerprint density at radius 3 is 2.20 bits per heavy atom. The summed E-state index contributed by atoms with van der Waals surface area (Å²) in [5.41, 5.74) is 7.67. The molecule has 44 heavy (non-hydrogen) atoms. The van der Waals surface area contributed by atoms with Crippen LogP contribution in [0.1, 0.15) is 55.8 Å². The third-order valence-corrected chi connectivity index (χ3v) is 9.96. The number of nitrogens with one attached hydrogen (secondary N) is 2. The van der Waals surface area contributed by atoms with Crippen LogP contribution in [-0.2, 0) is 36.4 Å². The standard InChI is InChI=1S/C33H40N4O5S.ClH/c1-32(2,34)31(39)35-29(23-42-22-24-11-5-3-6-12-24)30(38)37-19-17-33(18-20-37)21-28(26-15-9-10-16-27(26)33)36-43(40,41)25-13-7-4-8-14-25;/h3-16,28-29,36H,17-23,34H2,1-2H3,(H,35,39);1H/t28?,29-;/m1./s1. The fourth-order valence-electron chi connectivity index (χ4n) is 6.09. The summed E-state index contributed by atoms with van der Waals surface area (Å²) in [6, 6.07) is 24.8. The first-order chi connectivity index (χ1) is 20.5. The number of hydrogen-bond donors (Lipinski definition) is 3. The number of ether oxygens (including phenoxy) is 1. The molecule has 5 rings (SSSR count). The monoisotopic (exact) mass is 640 g/mol. The number of hydrogen-bond acceptors (Lipinski definition) is 6. The highest BCUT2D eigenvalue weighted by molar-refractivity contribution is 7.89. The fraction of sp³-hybridized carbons (Fsp3) is 0.394. The van der Waals surface area contributed by atoms with Gasteiger partial charge in [0, 0.05) is 24.5 Å². The van der Waals surface area contributed by atoms with Crippen molar-refractivity contribution in [2.45, 2.75) is 67.6 Å². The van der Waals surface area contributed by atoms with Gasteiger partial charge < -0.3 is 20.7 Å². The van der Waals surface area contributed by atoms with E-state index in [2.05, 4.69) is 16.1 Å². The summed E-state index contributed by atoms with van der Waals surface area (Å²) >= 11 is 0. The van der Waals surface area contributed by atoms with Crippen molar-refractivity contribution in [1.82, 2.24) is 14.9 Å². The zero-order chi connectivity index (χ0) is 30.7. The van der Waals surface area contributed by atoms with Crippen LogP contribution >= 0.6 is 12.4 Å². The average Bonchev–Trinajstić information content (AvgIpc) is 3.29. The number of fused-ring (bicyclic) bond motifs is 2. The molecule has 1 aliphatic heterocycles. The van der Waals surface area contributed by atoms with Crippen LogP contribution in [-0.4, -0.2) is 56.4 Å². The molecule has 0 aromatic heterocycles. The Hall–Kier alpha value is -3.28. The van der Waals surface area contributed by atoms with Crippen molar-refractivity contribution in [3.8, 4) is 0 Å². The Labute approximate surface area is 266 Å². The molecule has 1 aliphatic carbocycles. The van der Waals surface area contributed by atoms with Crippen molar-refractivity contribution < 1.29 is 22.7 Å². The Bertz CT molecular complexity index is 1540. The molecule has 1 unspecified atom stereocenters. The normalized spacial score (nSPS) is 18.2. The van der Waals surface area contributed by atoms with E-state index in [1.807, 2.05) is 48.5 Å². The summed E-state index contributed by atoms with van der Waals surface area (Å²) in [4.78, 5) is 28.5. The van der Waals surface area contributed by atoms with Crippen LogP contribution < -0.4 is 15.8 Å². The van der Waals surface area contributed by atoms with Gasteiger partial charge in [0.1, 0.15) is 6.04 Å². The number of carbonyl (C=O) groups is 2. The third-order valence-electron chi connectivity index (χ3n) is 8.47. The van der Waals surface area contributed by atoms with E-state index in [1.165, 1.54) is 0 Å². The minimum Gasteiger partial charge on any atom is -0.374 e. The van der Waals surface area contributed by atoms with E-state index in [0.717, 1.165) is 16.7 Å². The molecule has 2 aliphatic rings. The van der Waals surface area contributed by atoms with E-state index in [0.29, 0.717) is 39.0 Å². The second-order valence-electron chi connectivity index (χ2n) is 12.1. The third kappa shape index (κ3) is 7.50. The molecule has 1 heterocycles. The number of carbonyl (C=O) groups excluding carboxylic acids is 2. The van der Waals surface area contributed by atoms with Gasteiger partial charge in [-0.25, -0.2) is 13.1 Å². The molecule has 4 N–H and O–H groups in total. The minimum absolute atomic E-state index is 0. The van der Waals surface area contributed by atoms with Crippen LogP contribution in [0.2, 0.25) is 0 Å². The van der Waals surface area contributed by atoms with Gasteiger partial charge in [0.2, 0.25) is 21.8 Å². The first-order valence-electron chi connectivity index (χ1n) is 14.7. The van der Waals surface area contributed by atoms with E-state index in [4.69, 9.17) is 10.5 Å². The van der Waals surface area contributed by atoms with Gasteiger partial charge in [-0.05, 0) is 61.9 Å². The predicted molar refractivity (Wildman–Crippen MR) is 172 cm³/mol. The van der Waals surface area contributed by atoms with Gasteiger partial charge in [-0.3, -0.25) is 9.59 Å². The maximum Gasteiger partial charge on any atom is 0.247 e. The lowest BCUT2D eigenvalue weighted by Gasteiger charge is -2.41. The highest BCUT2D eigenvalue weighted by Crippen LogP contribution is 2.51. The molecular weight excluding hydrogens is 600 g/mol. The van der Waals surface area contributed by atoms with Crippen molar-refractivity contribution >= 4 is 34.2 Å². The van der Waals surface area contributed by atoms with Gasteiger partial charge in [0.15, 0.2) is 0 Å². The van der Waals surface area contributed by atoms with Crippen molar-refractivity contribution in [2.24, 2.45) is 5.73 Å². The summed E-state index contributed by atoms with van der Waals surface area (Å²) < 4.78 is 35.2. The number of benzene rings is 3. The molecule has 3 aromatic carbocycles. The van der Waals surface area contributed by atoms with Gasteiger partial charge in [-0.15, -0.1) is 12.4 Å². The maximum absolute atomic E-state index is 13.8. The molecule has 1 saturated heterocycles. The molecule has 2 atom stereocenters. The van der Waals surface area contributed by atoms with Crippen LogP contribution in [0.4, 0.5) is 0 Å².